The van der Waals surface area contributed by atoms with E-state index in [1.165, 1.54) is 0 Å². The van der Waals surface area contributed by atoms with Crippen molar-refractivity contribution in [1.82, 2.24) is 15.2 Å². The van der Waals surface area contributed by atoms with Crippen LogP contribution in [0.2, 0.25) is 0 Å². The normalized spacial score (nSPS) is 10.0. The molecular weight excluding hydrogens is 190 g/mol. The van der Waals surface area contributed by atoms with E-state index >= 15 is 0 Å². The molecule has 0 atom stereocenters. The van der Waals surface area contributed by atoms with Gasteiger partial charge in [0.15, 0.2) is 0 Å². The van der Waals surface area contributed by atoms with Crippen LogP contribution in [0.5, 0.6) is 0 Å². The summed E-state index contributed by atoms with van der Waals surface area (Å²) in [4.78, 5) is 17.3. The van der Waals surface area contributed by atoms with Crippen molar-refractivity contribution in [3.63, 3.8) is 0 Å². The van der Waals surface area contributed by atoms with Crippen molar-refractivity contribution in [1.29, 1.82) is 0 Å². The van der Waals surface area contributed by atoms with E-state index in [4.69, 9.17) is 0 Å². The molecule has 1 aromatic heterocycles. The quantitative estimate of drug-likeness (QED) is 0.755. The fourth-order valence-electron chi connectivity index (χ4n) is 1.21. The van der Waals surface area contributed by atoms with Crippen molar-refractivity contribution >= 4 is 5.91 Å². The Labute approximate surface area is 90.3 Å². The van der Waals surface area contributed by atoms with Crippen LogP contribution in [0.15, 0.2) is 24.5 Å². The Hall–Kier alpha value is -1.42. The van der Waals surface area contributed by atoms with Gasteiger partial charge >= 0.3 is 0 Å². The molecule has 1 rings (SSSR count). The molecule has 0 bridgehead atoms. The van der Waals surface area contributed by atoms with E-state index < -0.39 is 0 Å². The highest BCUT2D eigenvalue weighted by Crippen LogP contribution is 1.99. The molecule has 0 saturated carbocycles. The van der Waals surface area contributed by atoms with E-state index in [1.54, 1.807) is 17.3 Å². The van der Waals surface area contributed by atoms with Gasteiger partial charge < -0.3 is 10.2 Å². The van der Waals surface area contributed by atoms with Gasteiger partial charge in [-0.2, -0.15) is 0 Å². The summed E-state index contributed by atoms with van der Waals surface area (Å²) < 4.78 is 0. The number of carbonyl (C=O) groups excluding carboxylic acids is 1. The fraction of sp³-hybridized carbons (Fsp3) is 0.455. The van der Waals surface area contributed by atoms with Crippen LogP contribution in [0.1, 0.15) is 5.56 Å². The number of nitrogens with one attached hydrogen (secondary N) is 1. The third-order valence-electron chi connectivity index (χ3n) is 2.23. The average molecular weight is 207 g/mol. The number of hydrogen-bond acceptors (Lipinski definition) is 3. The third-order valence-corrected chi connectivity index (χ3v) is 2.23. The molecule has 82 valence electrons. The molecule has 1 amide bonds. The lowest BCUT2D eigenvalue weighted by molar-refractivity contribution is -0.129. The molecule has 0 aliphatic rings. The molecule has 1 heterocycles. The predicted molar refractivity (Wildman–Crippen MR) is 59.5 cm³/mol. The first-order chi connectivity index (χ1) is 7.24. The summed E-state index contributed by atoms with van der Waals surface area (Å²) >= 11 is 0. The second-order valence-electron chi connectivity index (χ2n) is 3.45. The van der Waals surface area contributed by atoms with Crippen LogP contribution in [0.25, 0.3) is 0 Å². The zero-order valence-electron chi connectivity index (χ0n) is 9.23. The van der Waals surface area contributed by atoms with Gasteiger partial charge in [-0.1, -0.05) is 0 Å². The Bertz CT molecular complexity index is 300. The molecule has 0 fully saturated rings. The summed E-state index contributed by atoms with van der Waals surface area (Å²) in [6, 6.07) is 3.73. The standard InChI is InChI=1S/C11H17N3O/c1-12-7-8-14(2)11(15)9-10-3-5-13-6-4-10/h3-6,12H,7-9H2,1-2H3. The molecule has 0 aliphatic heterocycles. The maximum Gasteiger partial charge on any atom is 0.226 e. The van der Waals surface area contributed by atoms with Crippen LogP contribution in [0.4, 0.5) is 0 Å². The number of carbonyl (C=O) groups is 1. The fourth-order valence-corrected chi connectivity index (χ4v) is 1.21. The Morgan fingerprint density at radius 2 is 2.13 bits per heavy atom. The maximum atomic E-state index is 11.7. The first-order valence-electron chi connectivity index (χ1n) is 5.01. The van der Waals surface area contributed by atoms with E-state index in [0.29, 0.717) is 6.42 Å². The molecule has 0 saturated heterocycles. The summed E-state index contributed by atoms with van der Waals surface area (Å²) in [5, 5.41) is 3.01. The lowest BCUT2D eigenvalue weighted by atomic mass is 10.2. The van der Waals surface area contributed by atoms with Gasteiger partial charge in [0.2, 0.25) is 5.91 Å². The van der Waals surface area contributed by atoms with Gasteiger partial charge in [-0.15, -0.1) is 0 Å². The third kappa shape index (κ3) is 4.08. The molecule has 15 heavy (non-hydrogen) atoms. The number of hydrogen-bond donors (Lipinski definition) is 1. The van der Waals surface area contributed by atoms with Crippen molar-refractivity contribution in [3.8, 4) is 0 Å². The number of amides is 1. The molecule has 4 nitrogen and oxygen atoms in total. The number of aromatic nitrogens is 1. The lowest BCUT2D eigenvalue weighted by Crippen LogP contribution is -2.33. The van der Waals surface area contributed by atoms with Crippen LogP contribution in [-0.2, 0) is 11.2 Å². The Morgan fingerprint density at radius 3 is 2.73 bits per heavy atom. The van der Waals surface area contributed by atoms with Crippen molar-refractivity contribution in [3.05, 3.63) is 30.1 Å². The van der Waals surface area contributed by atoms with Crippen molar-refractivity contribution < 1.29 is 4.79 Å². The first kappa shape index (κ1) is 11.7. The number of rotatable bonds is 5. The highest BCUT2D eigenvalue weighted by atomic mass is 16.2. The molecule has 0 aromatic carbocycles. The van der Waals surface area contributed by atoms with Gasteiger partial charge in [-0.05, 0) is 24.7 Å². The Morgan fingerprint density at radius 1 is 1.47 bits per heavy atom. The summed E-state index contributed by atoms with van der Waals surface area (Å²) in [7, 11) is 3.70. The molecular formula is C11H17N3O. The summed E-state index contributed by atoms with van der Waals surface area (Å²) in [6.07, 6.45) is 3.86. The molecule has 1 N–H and O–H groups in total. The van der Waals surface area contributed by atoms with Crippen LogP contribution in [-0.4, -0.2) is 43.0 Å². The van der Waals surface area contributed by atoms with E-state index in [2.05, 4.69) is 10.3 Å². The van der Waals surface area contributed by atoms with E-state index in [0.717, 1.165) is 18.7 Å². The minimum atomic E-state index is 0.136. The highest BCUT2D eigenvalue weighted by molar-refractivity contribution is 5.78. The van der Waals surface area contributed by atoms with Crippen LogP contribution >= 0.6 is 0 Å². The minimum absolute atomic E-state index is 0.136. The zero-order valence-corrected chi connectivity index (χ0v) is 9.23. The van der Waals surface area contributed by atoms with Gasteiger partial charge in [0.25, 0.3) is 0 Å². The molecule has 1 aromatic rings. The molecule has 0 aliphatic carbocycles. The maximum absolute atomic E-state index is 11.7. The topological polar surface area (TPSA) is 45.2 Å². The Kier molecular flexibility index (Phi) is 4.77. The Balaban J connectivity index is 2.42. The summed E-state index contributed by atoms with van der Waals surface area (Å²) in [5.74, 6) is 0.136. The second kappa shape index (κ2) is 6.14. The zero-order chi connectivity index (χ0) is 11.1. The van der Waals surface area contributed by atoms with Crippen LogP contribution in [0, 0.1) is 0 Å². The number of pyridine rings is 1. The summed E-state index contributed by atoms with van der Waals surface area (Å²) in [6.45, 7) is 1.55. The number of likely N-dealkylation sites (N-methyl/N-ethyl adjacent to an activating group) is 2. The molecule has 4 heteroatoms. The van der Waals surface area contributed by atoms with Crippen molar-refractivity contribution in [2.45, 2.75) is 6.42 Å². The van der Waals surface area contributed by atoms with Crippen LogP contribution in [0.3, 0.4) is 0 Å². The van der Waals surface area contributed by atoms with E-state index in [-0.39, 0.29) is 5.91 Å². The molecule has 0 spiro atoms. The van der Waals surface area contributed by atoms with Gasteiger partial charge in [0.1, 0.15) is 0 Å². The largest absolute Gasteiger partial charge is 0.344 e. The molecule has 0 radical (unpaired) electrons. The monoisotopic (exact) mass is 207 g/mol. The van der Waals surface area contributed by atoms with Gasteiger partial charge in [-0.25, -0.2) is 0 Å². The predicted octanol–water partition coefficient (Wildman–Crippen LogP) is 0.302. The van der Waals surface area contributed by atoms with Crippen molar-refractivity contribution in [2.75, 3.05) is 27.2 Å². The van der Waals surface area contributed by atoms with Crippen LogP contribution < -0.4 is 5.32 Å². The smallest absolute Gasteiger partial charge is 0.226 e. The minimum Gasteiger partial charge on any atom is -0.344 e. The first-order valence-corrected chi connectivity index (χ1v) is 5.01. The van der Waals surface area contributed by atoms with Crippen molar-refractivity contribution in [2.24, 2.45) is 0 Å². The molecule has 0 unspecified atom stereocenters. The van der Waals surface area contributed by atoms with Gasteiger partial charge in [0, 0.05) is 32.5 Å². The average Bonchev–Trinajstić information content (AvgIpc) is 2.27. The lowest BCUT2D eigenvalue weighted by Gasteiger charge is -2.16. The van der Waals surface area contributed by atoms with Gasteiger partial charge in [-0.3, -0.25) is 9.78 Å². The highest BCUT2D eigenvalue weighted by Gasteiger charge is 2.08. The SMILES string of the molecule is CNCCN(C)C(=O)Cc1ccncc1. The van der Waals surface area contributed by atoms with E-state index in [1.807, 2.05) is 26.2 Å². The second-order valence-corrected chi connectivity index (χ2v) is 3.45. The summed E-state index contributed by atoms with van der Waals surface area (Å²) in [5.41, 5.74) is 1.01. The number of nitrogens with zero attached hydrogens (tertiary/aromatic N) is 2. The van der Waals surface area contributed by atoms with Gasteiger partial charge in [0.05, 0.1) is 6.42 Å². The van der Waals surface area contributed by atoms with E-state index in [9.17, 15) is 4.79 Å².